The first-order valence-electron chi connectivity index (χ1n) is 9.02. The number of thioether (sulfide) groups is 1. The number of hydrogen-bond acceptors (Lipinski definition) is 5. The van der Waals surface area contributed by atoms with Crippen molar-refractivity contribution in [1.82, 2.24) is 4.98 Å². The van der Waals surface area contributed by atoms with Crippen LogP contribution < -0.4 is 10.6 Å². The summed E-state index contributed by atoms with van der Waals surface area (Å²) in [6.45, 7) is 0. The van der Waals surface area contributed by atoms with Gasteiger partial charge < -0.3 is 10.6 Å². The molecule has 0 radical (unpaired) electrons. The summed E-state index contributed by atoms with van der Waals surface area (Å²) < 4.78 is 1.74. The average molecular weight is 454 g/mol. The maximum atomic E-state index is 12.4. The number of fused-ring (bicyclic) bond motifs is 1. The van der Waals surface area contributed by atoms with Crippen LogP contribution in [-0.4, -0.2) is 22.6 Å². The molecule has 1 aromatic heterocycles. The van der Waals surface area contributed by atoms with E-state index in [4.69, 9.17) is 11.6 Å². The fourth-order valence-electron chi connectivity index (χ4n) is 2.69. The molecular weight excluding hydrogens is 438 g/mol. The number of para-hydroxylation sites is 1. The van der Waals surface area contributed by atoms with Gasteiger partial charge in [-0.05, 0) is 54.6 Å². The number of benzene rings is 3. The van der Waals surface area contributed by atoms with Gasteiger partial charge in [0.1, 0.15) is 0 Å². The number of thiazole rings is 1. The van der Waals surface area contributed by atoms with Crippen LogP contribution in [-0.2, 0) is 4.79 Å². The smallest absolute Gasteiger partial charge is 0.255 e. The van der Waals surface area contributed by atoms with E-state index >= 15 is 0 Å². The summed E-state index contributed by atoms with van der Waals surface area (Å²) in [6, 6.07) is 21.6. The van der Waals surface area contributed by atoms with Gasteiger partial charge in [-0.3, -0.25) is 9.59 Å². The fourth-order valence-corrected chi connectivity index (χ4v) is 4.73. The van der Waals surface area contributed by atoms with Crippen LogP contribution in [0.5, 0.6) is 0 Å². The van der Waals surface area contributed by atoms with Crippen molar-refractivity contribution in [2.75, 3.05) is 16.4 Å². The van der Waals surface area contributed by atoms with Gasteiger partial charge >= 0.3 is 0 Å². The normalized spacial score (nSPS) is 10.7. The third kappa shape index (κ3) is 5.18. The number of carbonyl (C=O) groups is 2. The predicted molar refractivity (Wildman–Crippen MR) is 125 cm³/mol. The van der Waals surface area contributed by atoms with E-state index in [2.05, 4.69) is 15.6 Å². The van der Waals surface area contributed by atoms with Crippen LogP contribution in [0.2, 0.25) is 5.02 Å². The highest BCUT2D eigenvalue weighted by molar-refractivity contribution is 8.01. The molecule has 0 atom stereocenters. The molecule has 150 valence electrons. The monoisotopic (exact) mass is 453 g/mol. The molecule has 3 aromatic carbocycles. The lowest BCUT2D eigenvalue weighted by molar-refractivity contribution is -0.113. The summed E-state index contributed by atoms with van der Waals surface area (Å²) in [5, 5.41) is 6.32. The van der Waals surface area contributed by atoms with Crippen LogP contribution in [0, 0.1) is 0 Å². The van der Waals surface area contributed by atoms with Crippen molar-refractivity contribution in [3.8, 4) is 0 Å². The van der Waals surface area contributed by atoms with E-state index in [0.29, 0.717) is 16.3 Å². The molecule has 0 unspecified atom stereocenters. The second kappa shape index (κ2) is 9.30. The summed E-state index contributed by atoms with van der Waals surface area (Å²) >= 11 is 8.74. The highest BCUT2D eigenvalue weighted by atomic mass is 35.5. The van der Waals surface area contributed by atoms with E-state index in [1.54, 1.807) is 24.3 Å². The highest BCUT2D eigenvalue weighted by Gasteiger charge is 2.11. The maximum Gasteiger partial charge on any atom is 0.255 e. The molecule has 0 saturated carbocycles. The highest BCUT2D eigenvalue weighted by Crippen LogP contribution is 2.31. The Morgan fingerprint density at radius 1 is 0.933 bits per heavy atom. The Bertz CT molecular complexity index is 1190. The summed E-state index contributed by atoms with van der Waals surface area (Å²) in [6.07, 6.45) is 0. The molecule has 2 N–H and O–H groups in total. The lowest BCUT2D eigenvalue weighted by Crippen LogP contribution is -2.13. The van der Waals surface area contributed by atoms with E-state index < -0.39 is 0 Å². The average Bonchev–Trinajstić information content (AvgIpc) is 3.16. The first kappa shape index (κ1) is 20.4. The number of carbonyl (C=O) groups excluding carboxylic acids is 2. The molecule has 0 aliphatic heterocycles. The molecule has 0 aliphatic rings. The first-order valence-corrected chi connectivity index (χ1v) is 11.2. The molecule has 5 nitrogen and oxygen atoms in total. The van der Waals surface area contributed by atoms with Gasteiger partial charge in [0, 0.05) is 22.0 Å². The Morgan fingerprint density at radius 2 is 1.70 bits per heavy atom. The van der Waals surface area contributed by atoms with Crippen molar-refractivity contribution < 1.29 is 9.59 Å². The Morgan fingerprint density at radius 3 is 2.47 bits per heavy atom. The van der Waals surface area contributed by atoms with Gasteiger partial charge in [-0.15, -0.1) is 11.3 Å². The summed E-state index contributed by atoms with van der Waals surface area (Å²) in [7, 11) is 0. The number of rotatable bonds is 6. The van der Waals surface area contributed by atoms with Crippen LogP contribution in [0.4, 0.5) is 11.4 Å². The van der Waals surface area contributed by atoms with Crippen molar-refractivity contribution in [3.05, 3.63) is 83.4 Å². The summed E-state index contributed by atoms with van der Waals surface area (Å²) in [5.74, 6) is -0.0152. The molecule has 0 aliphatic carbocycles. The quantitative estimate of drug-likeness (QED) is 0.355. The molecule has 1 heterocycles. The Balaban J connectivity index is 1.39. The molecule has 0 bridgehead atoms. The van der Waals surface area contributed by atoms with Crippen molar-refractivity contribution in [2.24, 2.45) is 0 Å². The van der Waals surface area contributed by atoms with Crippen LogP contribution in [0.15, 0.2) is 77.1 Å². The molecule has 0 saturated heterocycles. The number of amides is 2. The minimum absolute atomic E-state index is 0.0821. The number of aromatic nitrogens is 1. The van der Waals surface area contributed by atoms with E-state index in [1.165, 1.54) is 23.1 Å². The first-order chi connectivity index (χ1) is 14.6. The van der Waals surface area contributed by atoms with E-state index in [-0.39, 0.29) is 17.6 Å². The minimum atomic E-state index is -0.206. The molecule has 4 rings (SSSR count). The Kier molecular flexibility index (Phi) is 6.32. The van der Waals surface area contributed by atoms with Gasteiger partial charge in [-0.2, -0.15) is 0 Å². The van der Waals surface area contributed by atoms with Gasteiger partial charge in [0.25, 0.3) is 5.91 Å². The maximum absolute atomic E-state index is 12.4. The largest absolute Gasteiger partial charge is 0.325 e. The third-order valence-corrected chi connectivity index (χ3v) is 6.53. The number of hydrogen-bond donors (Lipinski definition) is 2. The van der Waals surface area contributed by atoms with Crippen molar-refractivity contribution in [2.45, 2.75) is 4.34 Å². The zero-order chi connectivity index (χ0) is 20.9. The predicted octanol–water partition coefficient (Wildman–Crippen LogP) is 5.93. The van der Waals surface area contributed by atoms with E-state index in [0.717, 1.165) is 20.2 Å². The van der Waals surface area contributed by atoms with E-state index in [9.17, 15) is 9.59 Å². The number of nitrogens with zero attached hydrogens (tertiary/aromatic N) is 1. The van der Waals surface area contributed by atoms with Crippen LogP contribution in [0.1, 0.15) is 10.4 Å². The minimum Gasteiger partial charge on any atom is -0.325 e. The van der Waals surface area contributed by atoms with E-state index in [1.807, 2.05) is 48.5 Å². The molecule has 8 heteroatoms. The molecule has 30 heavy (non-hydrogen) atoms. The lowest BCUT2D eigenvalue weighted by Gasteiger charge is -2.05. The number of anilines is 2. The molecule has 0 fully saturated rings. The summed E-state index contributed by atoms with van der Waals surface area (Å²) in [5.41, 5.74) is 2.82. The molecular formula is C22H16ClN3O2S2. The van der Waals surface area contributed by atoms with Crippen molar-refractivity contribution in [3.63, 3.8) is 0 Å². The van der Waals surface area contributed by atoms with Gasteiger partial charge in [0.15, 0.2) is 4.34 Å². The van der Waals surface area contributed by atoms with Crippen molar-refractivity contribution in [1.29, 1.82) is 0 Å². The Labute approximate surface area is 186 Å². The van der Waals surface area contributed by atoms with Crippen LogP contribution >= 0.6 is 34.7 Å². The van der Waals surface area contributed by atoms with Crippen molar-refractivity contribution >= 4 is 68.1 Å². The van der Waals surface area contributed by atoms with Gasteiger partial charge in [0.2, 0.25) is 5.91 Å². The zero-order valence-corrected chi connectivity index (χ0v) is 18.0. The van der Waals surface area contributed by atoms with Gasteiger partial charge in [-0.1, -0.05) is 41.6 Å². The standard InChI is InChI=1S/C22H16ClN3O2S2/c23-15-8-6-14(7-9-15)21(28)25-17-10-11-18-19(12-17)30-22(26-18)29-13-20(27)24-16-4-2-1-3-5-16/h1-12H,13H2,(H,24,27)(H,25,28). The summed E-state index contributed by atoms with van der Waals surface area (Å²) in [4.78, 5) is 29.1. The zero-order valence-electron chi connectivity index (χ0n) is 15.6. The number of halogens is 1. The second-order valence-corrected chi connectivity index (χ2v) is 9.02. The third-order valence-electron chi connectivity index (χ3n) is 4.12. The van der Waals surface area contributed by atoms with Gasteiger partial charge in [0.05, 0.1) is 16.0 Å². The van der Waals surface area contributed by atoms with Crippen LogP contribution in [0.25, 0.3) is 10.2 Å². The lowest BCUT2D eigenvalue weighted by atomic mass is 10.2. The second-order valence-electron chi connectivity index (χ2n) is 6.33. The topological polar surface area (TPSA) is 71.1 Å². The Hall–Kier alpha value is -2.87. The van der Waals surface area contributed by atoms with Gasteiger partial charge in [-0.25, -0.2) is 4.98 Å². The SMILES string of the molecule is O=C(CSc1nc2ccc(NC(=O)c3ccc(Cl)cc3)cc2s1)Nc1ccccc1. The van der Waals surface area contributed by atoms with Crippen LogP contribution in [0.3, 0.4) is 0 Å². The molecule has 4 aromatic rings. The molecule has 0 spiro atoms. The number of nitrogens with one attached hydrogen (secondary N) is 2. The fraction of sp³-hybridized carbons (Fsp3) is 0.0455. The molecule has 2 amide bonds.